The molecule has 122 valence electrons. The first-order valence-electron chi connectivity index (χ1n) is 7.70. The number of rotatable bonds is 6. The summed E-state index contributed by atoms with van der Waals surface area (Å²) in [6.45, 7) is 4.74. The lowest BCUT2D eigenvalue weighted by molar-refractivity contribution is 0.194. The molecule has 0 bridgehead atoms. The van der Waals surface area contributed by atoms with E-state index in [0.717, 1.165) is 5.56 Å². The SMILES string of the molecule is CC(CNC(=O)N(C)C(C)c1cccnc1)Sc1ccccc1. The van der Waals surface area contributed by atoms with Crippen LogP contribution in [0.5, 0.6) is 0 Å². The van der Waals surface area contributed by atoms with E-state index in [9.17, 15) is 4.79 Å². The first-order valence-corrected chi connectivity index (χ1v) is 8.58. The summed E-state index contributed by atoms with van der Waals surface area (Å²) < 4.78 is 0. The fourth-order valence-corrected chi connectivity index (χ4v) is 3.10. The standard InChI is InChI=1S/C18H23N3OS/c1-14(23-17-9-5-4-6-10-17)12-20-18(22)21(3)15(2)16-8-7-11-19-13-16/h4-11,13-15H,12H2,1-3H3,(H,20,22). The van der Waals surface area contributed by atoms with Crippen molar-refractivity contribution in [3.05, 3.63) is 60.4 Å². The summed E-state index contributed by atoms with van der Waals surface area (Å²) in [5, 5.41) is 3.31. The average Bonchev–Trinajstić information content (AvgIpc) is 2.60. The van der Waals surface area contributed by atoms with Crippen molar-refractivity contribution in [3.8, 4) is 0 Å². The Balaban J connectivity index is 1.82. The third kappa shape index (κ3) is 5.28. The Labute approximate surface area is 142 Å². The molecule has 0 saturated carbocycles. The van der Waals surface area contributed by atoms with Gasteiger partial charge in [-0.15, -0.1) is 11.8 Å². The lowest BCUT2D eigenvalue weighted by Gasteiger charge is -2.26. The van der Waals surface area contributed by atoms with Gasteiger partial charge in [-0.3, -0.25) is 4.98 Å². The van der Waals surface area contributed by atoms with Gasteiger partial charge in [0.15, 0.2) is 0 Å². The maximum absolute atomic E-state index is 12.3. The van der Waals surface area contributed by atoms with E-state index >= 15 is 0 Å². The number of nitrogens with one attached hydrogen (secondary N) is 1. The van der Waals surface area contributed by atoms with Gasteiger partial charge in [0.1, 0.15) is 0 Å². The molecule has 0 saturated heterocycles. The Morgan fingerprint density at radius 2 is 1.96 bits per heavy atom. The van der Waals surface area contributed by atoms with Crippen molar-refractivity contribution >= 4 is 17.8 Å². The second-order valence-electron chi connectivity index (χ2n) is 5.50. The van der Waals surface area contributed by atoms with E-state index in [1.165, 1.54) is 4.90 Å². The van der Waals surface area contributed by atoms with E-state index in [4.69, 9.17) is 0 Å². The molecule has 2 atom stereocenters. The second kappa shape index (κ2) is 8.58. The predicted molar refractivity (Wildman–Crippen MR) is 95.6 cm³/mol. The number of amides is 2. The maximum atomic E-state index is 12.3. The van der Waals surface area contributed by atoms with E-state index in [1.807, 2.05) is 44.3 Å². The minimum absolute atomic E-state index is 0.0132. The third-order valence-electron chi connectivity index (χ3n) is 3.69. The Hall–Kier alpha value is -2.01. The Bertz CT molecular complexity index is 606. The van der Waals surface area contributed by atoms with Crippen LogP contribution in [0.4, 0.5) is 4.79 Å². The lowest BCUT2D eigenvalue weighted by atomic mass is 10.1. The summed E-state index contributed by atoms with van der Waals surface area (Å²) in [6.07, 6.45) is 3.53. The molecule has 0 aliphatic rings. The van der Waals surface area contributed by atoms with Crippen LogP contribution in [-0.2, 0) is 0 Å². The van der Waals surface area contributed by atoms with Crippen LogP contribution in [0.1, 0.15) is 25.5 Å². The first-order chi connectivity index (χ1) is 11.1. The molecule has 0 aliphatic carbocycles. The Kier molecular flexibility index (Phi) is 6.47. The molecule has 2 aromatic rings. The number of urea groups is 1. The molecule has 0 aliphatic heterocycles. The zero-order valence-electron chi connectivity index (χ0n) is 13.8. The first kappa shape index (κ1) is 17.3. The quantitative estimate of drug-likeness (QED) is 0.816. The van der Waals surface area contributed by atoms with Crippen LogP contribution < -0.4 is 5.32 Å². The Morgan fingerprint density at radius 1 is 1.22 bits per heavy atom. The highest BCUT2D eigenvalue weighted by Gasteiger charge is 2.17. The zero-order chi connectivity index (χ0) is 16.7. The van der Waals surface area contributed by atoms with Gasteiger partial charge in [0.05, 0.1) is 6.04 Å². The van der Waals surface area contributed by atoms with Crippen molar-refractivity contribution in [3.63, 3.8) is 0 Å². The molecule has 1 aromatic heterocycles. The highest BCUT2D eigenvalue weighted by Crippen LogP contribution is 2.22. The summed E-state index contributed by atoms with van der Waals surface area (Å²) >= 11 is 1.76. The minimum atomic E-state index is -0.0677. The van der Waals surface area contributed by atoms with Gasteiger partial charge in [0.2, 0.25) is 0 Å². The molecular formula is C18H23N3OS. The highest BCUT2D eigenvalue weighted by atomic mass is 32.2. The van der Waals surface area contributed by atoms with Crippen molar-refractivity contribution in [2.45, 2.75) is 30.0 Å². The smallest absolute Gasteiger partial charge is 0.317 e. The van der Waals surface area contributed by atoms with E-state index in [-0.39, 0.29) is 12.1 Å². The Morgan fingerprint density at radius 3 is 2.61 bits per heavy atom. The fourth-order valence-electron chi connectivity index (χ4n) is 2.15. The summed E-state index contributed by atoms with van der Waals surface area (Å²) in [4.78, 5) is 19.3. The molecule has 1 N–H and O–H groups in total. The lowest BCUT2D eigenvalue weighted by Crippen LogP contribution is -2.41. The number of aromatic nitrogens is 1. The number of thioether (sulfide) groups is 1. The summed E-state index contributed by atoms with van der Waals surface area (Å²) in [7, 11) is 1.81. The highest BCUT2D eigenvalue weighted by molar-refractivity contribution is 8.00. The number of benzene rings is 1. The van der Waals surface area contributed by atoms with E-state index < -0.39 is 0 Å². The summed E-state index contributed by atoms with van der Waals surface area (Å²) in [5.74, 6) is 0. The number of carbonyl (C=O) groups excluding carboxylic acids is 1. The van der Waals surface area contributed by atoms with Gasteiger partial charge in [0.25, 0.3) is 0 Å². The number of pyridine rings is 1. The van der Waals surface area contributed by atoms with Gasteiger partial charge in [-0.05, 0) is 30.7 Å². The van der Waals surface area contributed by atoms with Gasteiger partial charge < -0.3 is 10.2 Å². The van der Waals surface area contributed by atoms with Crippen LogP contribution in [-0.4, -0.2) is 34.8 Å². The van der Waals surface area contributed by atoms with E-state index in [2.05, 4.69) is 29.4 Å². The van der Waals surface area contributed by atoms with Crippen LogP contribution >= 0.6 is 11.8 Å². The van der Waals surface area contributed by atoms with Crippen molar-refractivity contribution in [1.29, 1.82) is 0 Å². The van der Waals surface area contributed by atoms with Gasteiger partial charge >= 0.3 is 6.03 Å². The van der Waals surface area contributed by atoms with Crippen molar-refractivity contribution in [2.24, 2.45) is 0 Å². The van der Waals surface area contributed by atoms with Crippen LogP contribution in [0, 0.1) is 0 Å². The number of hydrogen-bond acceptors (Lipinski definition) is 3. The summed E-state index contributed by atoms with van der Waals surface area (Å²) in [6, 6.07) is 14.0. The van der Waals surface area contributed by atoms with Gasteiger partial charge in [-0.1, -0.05) is 31.2 Å². The van der Waals surface area contributed by atoms with Crippen LogP contribution in [0.2, 0.25) is 0 Å². The van der Waals surface area contributed by atoms with Crippen molar-refractivity contribution in [2.75, 3.05) is 13.6 Å². The maximum Gasteiger partial charge on any atom is 0.317 e. The molecule has 0 fully saturated rings. The van der Waals surface area contributed by atoms with Gasteiger partial charge in [0, 0.05) is 36.1 Å². The van der Waals surface area contributed by atoms with E-state index in [0.29, 0.717) is 11.8 Å². The normalized spacial score (nSPS) is 13.2. The number of hydrogen-bond donors (Lipinski definition) is 1. The number of carbonyl (C=O) groups is 1. The zero-order valence-corrected chi connectivity index (χ0v) is 14.6. The molecular weight excluding hydrogens is 306 g/mol. The molecule has 1 aromatic carbocycles. The molecule has 0 radical (unpaired) electrons. The fraction of sp³-hybridized carbons (Fsp3) is 0.333. The monoisotopic (exact) mass is 329 g/mol. The number of nitrogens with zero attached hydrogens (tertiary/aromatic N) is 2. The second-order valence-corrected chi connectivity index (χ2v) is 7.01. The topological polar surface area (TPSA) is 45.2 Å². The van der Waals surface area contributed by atoms with Crippen molar-refractivity contribution in [1.82, 2.24) is 15.2 Å². The molecule has 1 heterocycles. The molecule has 2 unspecified atom stereocenters. The van der Waals surface area contributed by atoms with Crippen LogP contribution in [0.25, 0.3) is 0 Å². The van der Waals surface area contributed by atoms with E-state index in [1.54, 1.807) is 29.1 Å². The largest absolute Gasteiger partial charge is 0.337 e. The predicted octanol–water partition coefficient (Wildman–Crippen LogP) is 3.96. The molecule has 0 spiro atoms. The molecule has 2 amide bonds. The van der Waals surface area contributed by atoms with Crippen molar-refractivity contribution < 1.29 is 4.79 Å². The average molecular weight is 329 g/mol. The summed E-state index contributed by atoms with van der Waals surface area (Å²) in [5.41, 5.74) is 1.02. The molecule has 4 nitrogen and oxygen atoms in total. The van der Waals surface area contributed by atoms with Gasteiger partial charge in [-0.2, -0.15) is 0 Å². The van der Waals surface area contributed by atoms with Crippen LogP contribution in [0.3, 0.4) is 0 Å². The van der Waals surface area contributed by atoms with Crippen LogP contribution in [0.15, 0.2) is 59.8 Å². The molecule has 23 heavy (non-hydrogen) atoms. The molecule has 2 rings (SSSR count). The van der Waals surface area contributed by atoms with Gasteiger partial charge in [-0.25, -0.2) is 4.79 Å². The third-order valence-corrected chi connectivity index (χ3v) is 4.80. The minimum Gasteiger partial charge on any atom is -0.337 e. The molecule has 5 heteroatoms.